The molecule has 2 aliphatic heterocycles. The highest BCUT2D eigenvalue weighted by Gasteiger charge is 2.72. The second kappa shape index (κ2) is 8.46. The second-order valence-corrected chi connectivity index (χ2v) is 9.99. The van der Waals surface area contributed by atoms with Crippen LogP contribution in [0, 0.1) is 0 Å². The van der Waals surface area contributed by atoms with Gasteiger partial charge in [0.05, 0.1) is 24.5 Å². The molecule has 5 rings (SSSR count). The summed E-state index contributed by atoms with van der Waals surface area (Å²) in [7, 11) is 3.55. The number of rotatable bonds is 7. The van der Waals surface area contributed by atoms with Gasteiger partial charge in [-0.15, -0.1) is 0 Å². The number of likely N-dealkylation sites (N-methyl/N-ethyl adjacent to an activating group) is 1. The van der Waals surface area contributed by atoms with Crippen molar-refractivity contribution in [2.24, 2.45) is 5.73 Å². The van der Waals surface area contributed by atoms with Crippen LogP contribution in [-0.2, 0) is 35.7 Å². The number of carbonyl (C=O) groups is 3. The van der Waals surface area contributed by atoms with Gasteiger partial charge in [0, 0.05) is 18.0 Å². The van der Waals surface area contributed by atoms with E-state index in [1.54, 1.807) is 13.2 Å². The first-order valence-electron chi connectivity index (χ1n) is 11.9. The summed E-state index contributed by atoms with van der Waals surface area (Å²) in [5, 5.41) is 21.0. The van der Waals surface area contributed by atoms with E-state index in [-0.39, 0.29) is 18.2 Å². The van der Waals surface area contributed by atoms with E-state index in [4.69, 9.17) is 29.8 Å². The highest BCUT2D eigenvalue weighted by Crippen LogP contribution is 2.65. The molecule has 1 fully saturated rings. The maximum Gasteiger partial charge on any atom is 0.352 e. The van der Waals surface area contributed by atoms with Gasteiger partial charge in [-0.25, -0.2) is 4.79 Å². The van der Waals surface area contributed by atoms with Crippen LogP contribution in [-0.4, -0.2) is 83.6 Å². The summed E-state index contributed by atoms with van der Waals surface area (Å²) in [6.07, 6.45) is 0.512. The van der Waals surface area contributed by atoms with Crippen molar-refractivity contribution in [2.75, 3.05) is 20.7 Å². The van der Waals surface area contributed by atoms with Gasteiger partial charge in [-0.05, 0) is 51.1 Å². The molecule has 1 aromatic rings. The first-order chi connectivity index (χ1) is 17.0. The molecule has 36 heavy (non-hydrogen) atoms. The molecule has 0 aromatic heterocycles. The zero-order valence-corrected chi connectivity index (χ0v) is 20.4. The third kappa shape index (κ3) is 3.33. The summed E-state index contributed by atoms with van der Waals surface area (Å²) in [6, 6.07) is 2.28. The van der Waals surface area contributed by atoms with Gasteiger partial charge in [0.2, 0.25) is 0 Å². The number of likely N-dealkylation sites (tertiary alicyclic amines) is 1. The first kappa shape index (κ1) is 24.5. The lowest BCUT2D eigenvalue weighted by Gasteiger charge is -2.61. The van der Waals surface area contributed by atoms with Crippen LogP contribution in [0.15, 0.2) is 24.0 Å². The number of ether oxygens (including phenoxy) is 4. The number of carboxylic acid groups (broad SMARTS) is 1. The molecule has 0 radical (unpaired) electrons. The van der Waals surface area contributed by atoms with E-state index in [0.29, 0.717) is 24.3 Å². The fraction of sp³-hybridized carbons (Fsp3) is 0.560. The van der Waals surface area contributed by atoms with E-state index in [1.165, 1.54) is 6.92 Å². The third-order valence-corrected chi connectivity index (χ3v) is 8.12. The maximum atomic E-state index is 12.9. The number of methoxy groups -OCH3 is 1. The molecule has 1 saturated heterocycles. The summed E-state index contributed by atoms with van der Waals surface area (Å²) in [5.41, 5.74) is 5.36. The van der Waals surface area contributed by atoms with E-state index in [2.05, 4.69) is 4.90 Å². The Morgan fingerprint density at radius 2 is 2.08 bits per heavy atom. The van der Waals surface area contributed by atoms with Gasteiger partial charge in [0.1, 0.15) is 11.8 Å². The molecule has 1 spiro atoms. The molecule has 2 heterocycles. The summed E-state index contributed by atoms with van der Waals surface area (Å²) < 4.78 is 22.7. The Kier molecular flexibility index (Phi) is 5.77. The molecule has 194 valence electrons. The minimum Gasteiger partial charge on any atom is -0.493 e. The number of benzene rings is 1. The van der Waals surface area contributed by atoms with E-state index in [1.807, 2.05) is 19.2 Å². The molecule has 0 unspecified atom stereocenters. The molecule has 0 amide bonds. The van der Waals surface area contributed by atoms with Crippen molar-refractivity contribution >= 4 is 17.9 Å². The van der Waals surface area contributed by atoms with Crippen molar-refractivity contribution in [3.05, 3.63) is 35.1 Å². The van der Waals surface area contributed by atoms with Gasteiger partial charge in [-0.1, -0.05) is 6.07 Å². The zero-order chi connectivity index (χ0) is 26.0. The van der Waals surface area contributed by atoms with Gasteiger partial charge in [0.25, 0.3) is 0 Å². The molecular formula is C25H30N2O9. The van der Waals surface area contributed by atoms with Crippen molar-refractivity contribution in [1.29, 1.82) is 0 Å². The van der Waals surface area contributed by atoms with Crippen LogP contribution in [0.3, 0.4) is 0 Å². The van der Waals surface area contributed by atoms with Gasteiger partial charge >= 0.3 is 17.9 Å². The predicted octanol–water partition coefficient (Wildman–Crippen LogP) is 0.250. The Hall–Kier alpha value is -3.15. The standard InChI is InChI=1S/C25H30N2O9/c1-12(34-18(28)11-14(26)22(29)30)23(31)35-16-6-7-25(32)17-10-13-4-5-15(33-3)20-19(13)24(25,21(16)36-20)8-9-27(17)2/h4-6,12,14,17,21,32H,7-11,26H2,1-3H3,(H,29,30)/t12-,14-,17+,21-,24-,25+/m0/s1. The number of hydrogen-bond donors (Lipinski definition) is 3. The molecule has 1 aromatic carbocycles. The largest absolute Gasteiger partial charge is 0.493 e. The molecule has 4 N–H and O–H groups in total. The minimum atomic E-state index is -1.43. The molecular weight excluding hydrogens is 472 g/mol. The monoisotopic (exact) mass is 502 g/mol. The van der Waals surface area contributed by atoms with E-state index < -0.39 is 53.6 Å². The van der Waals surface area contributed by atoms with E-state index >= 15 is 0 Å². The molecule has 0 saturated carbocycles. The first-order valence-corrected chi connectivity index (χ1v) is 11.9. The second-order valence-electron chi connectivity index (χ2n) is 9.99. The summed E-state index contributed by atoms with van der Waals surface area (Å²) in [6.45, 7) is 2.06. The smallest absolute Gasteiger partial charge is 0.352 e. The topological polar surface area (TPSA) is 158 Å². The van der Waals surface area contributed by atoms with Crippen molar-refractivity contribution in [3.8, 4) is 11.5 Å². The normalized spacial score (nSPS) is 31.3. The number of aliphatic hydroxyl groups is 1. The Morgan fingerprint density at radius 1 is 1.33 bits per heavy atom. The molecule has 4 aliphatic rings. The fourth-order valence-corrected chi connectivity index (χ4v) is 6.35. The lowest BCUT2D eigenvalue weighted by molar-refractivity contribution is -0.175. The van der Waals surface area contributed by atoms with Crippen LogP contribution in [0.2, 0.25) is 0 Å². The zero-order valence-electron chi connectivity index (χ0n) is 20.4. The van der Waals surface area contributed by atoms with Crippen LogP contribution in [0.25, 0.3) is 0 Å². The van der Waals surface area contributed by atoms with E-state index in [9.17, 15) is 19.5 Å². The van der Waals surface area contributed by atoms with Crippen LogP contribution in [0.1, 0.15) is 37.3 Å². The maximum absolute atomic E-state index is 12.9. The van der Waals surface area contributed by atoms with E-state index in [0.717, 1.165) is 17.7 Å². The molecule has 11 heteroatoms. The van der Waals surface area contributed by atoms with Crippen LogP contribution in [0.5, 0.6) is 11.5 Å². The molecule has 2 bridgehead atoms. The average molecular weight is 503 g/mol. The Labute approximate surface area is 207 Å². The Balaban J connectivity index is 1.44. The summed E-state index contributed by atoms with van der Waals surface area (Å²) in [5.74, 6) is -1.79. The number of nitrogens with two attached hydrogens (primary N) is 1. The quantitative estimate of drug-likeness (QED) is 0.439. The van der Waals surface area contributed by atoms with Crippen LogP contribution < -0.4 is 15.2 Å². The molecule has 6 atom stereocenters. The van der Waals surface area contributed by atoms with Gasteiger partial charge in [0.15, 0.2) is 23.7 Å². The average Bonchev–Trinajstić information content (AvgIpc) is 3.18. The lowest BCUT2D eigenvalue weighted by atomic mass is 9.50. The van der Waals surface area contributed by atoms with Gasteiger partial charge < -0.3 is 39.8 Å². The number of piperidine rings is 1. The molecule has 11 nitrogen and oxygen atoms in total. The van der Waals surface area contributed by atoms with Crippen molar-refractivity contribution < 1.29 is 43.5 Å². The summed E-state index contributed by atoms with van der Waals surface area (Å²) >= 11 is 0. The number of esters is 2. The highest BCUT2D eigenvalue weighted by molar-refractivity contribution is 5.84. The summed E-state index contributed by atoms with van der Waals surface area (Å²) in [4.78, 5) is 37.9. The molecule has 2 aliphatic carbocycles. The predicted molar refractivity (Wildman–Crippen MR) is 123 cm³/mol. The van der Waals surface area contributed by atoms with Crippen LogP contribution in [0.4, 0.5) is 0 Å². The van der Waals surface area contributed by atoms with Gasteiger partial charge in [-0.2, -0.15) is 0 Å². The number of nitrogens with zero attached hydrogens (tertiary/aromatic N) is 1. The van der Waals surface area contributed by atoms with Crippen molar-refractivity contribution in [1.82, 2.24) is 4.90 Å². The number of hydrogen-bond acceptors (Lipinski definition) is 10. The Morgan fingerprint density at radius 3 is 2.78 bits per heavy atom. The number of aliphatic carboxylic acids is 1. The van der Waals surface area contributed by atoms with Crippen molar-refractivity contribution in [3.63, 3.8) is 0 Å². The highest BCUT2D eigenvalue weighted by atomic mass is 16.6. The minimum absolute atomic E-state index is 0.143. The Bertz CT molecular complexity index is 1170. The SMILES string of the molecule is COc1ccc2c3c1O[C@H]1C(OC(=O)[C@H](C)OC(=O)C[C@H](N)C(=O)O)=CC[C@@]4(O)[C@@H](C2)N(C)CC[C@]314. The number of carboxylic acids is 1. The van der Waals surface area contributed by atoms with Gasteiger partial charge in [-0.3, -0.25) is 9.59 Å². The van der Waals surface area contributed by atoms with Crippen molar-refractivity contribution in [2.45, 2.75) is 67.9 Å². The lowest BCUT2D eigenvalue weighted by Crippen LogP contribution is -2.74. The number of carbonyl (C=O) groups excluding carboxylic acids is 2. The van der Waals surface area contributed by atoms with Crippen LogP contribution >= 0.6 is 0 Å². The third-order valence-electron chi connectivity index (χ3n) is 8.12. The fourth-order valence-electron chi connectivity index (χ4n) is 6.35.